The molecule has 0 unspecified atom stereocenters. The molecule has 0 saturated carbocycles. The zero-order chi connectivity index (χ0) is 13.4. The van der Waals surface area contributed by atoms with Crippen LogP contribution in [0.3, 0.4) is 0 Å². The number of nitrogens with two attached hydrogens (primary N) is 1. The molecule has 0 amide bonds. The van der Waals surface area contributed by atoms with Gasteiger partial charge in [0.2, 0.25) is 0 Å². The van der Waals surface area contributed by atoms with Crippen LogP contribution in [0.15, 0.2) is 12.1 Å². The van der Waals surface area contributed by atoms with Gasteiger partial charge in [-0.15, -0.1) is 0 Å². The van der Waals surface area contributed by atoms with Crippen LogP contribution >= 0.6 is 0 Å². The molecule has 0 spiro atoms. The van der Waals surface area contributed by atoms with Crippen LogP contribution in [0.1, 0.15) is 32.4 Å². The molecule has 0 aliphatic rings. The number of rotatable bonds is 8. The average molecular weight is 250 g/mol. The summed E-state index contributed by atoms with van der Waals surface area (Å²) in [7, 11) is 0. The third-order valence-electron chi connectivity index (χ3n) is 3.23. The van der Waals surface area contributed by atoms with Crippen LogP contribution in [0.2, 0.25) is 0 Å². The van der Waals surface area contributed by atoms with Gasteiger partial charge in [0.25, 0.3) is 0 Å². The van der Waals surface area contributed by atoms with Crippen LogP contribution in [-0.4, -0.2) is 36.1 Å². The molecule has 0 saturated heterocycles. The predicted octanol–water partition coefficient (Wildman–Crippen LogP) is 2.51. The van der Waals surface area contributed by atoms with E-state index >= 15 is 0 Å². The largest absolute Gasteiger partial charge is 0.397 e. The first-order chi connectivity index (χ1) is 8.67. The molecular formula is C14H26N4. The smallest absolute Gasteiger partial charge is 0.126 e. The van der Waals surface area contributed by atoms with Crippen molar-refractivity contribution >= 4 is 11.5 Å². The van der Waals surface area contributed by atoms with Crippen molar-refractivity contribution in [2.75, 3.05) is 37.2 Å². The fourth-order valence-corrected chi connectivity index (χ4v) is 1.89. The number of aryl methyl sites for hydroxylation is 1. The molecule has 0 atom stereocenters. The van der Waals surface area contributed by atoms with Crippen molar-refractivity contribution in [2.24, 2.45) is 0 Å². The molecule has 18 heavy (non-hydrogen) atoms. The Labute approximate surface area is 111 Å². The zero-order valence-electron chi connectivity index (χ0n) is 11.9. The summed E-state index contributed by atoms with van der Waals surface area (Å²) in [5.74, 6) is 0.921. The quantitative estimate of drug-likeness (QED) is 0.696. The molecule has 102 valence electrons. The average Bonchev–Trinajstić information content (AvgIpc) is 2.38. The highest BCUT2D eigenvalue weighted by Crippen LogP contribution is 2.11. The van der Waals surface area contributed by atoms with Gasteiger partial charge in [-0.3, -0.25) is 0 Å². The fourth-order valence-electron chi connectivity index (χ4n) is 1.89. The number of unbranched alkanes of at least 4 members (excludes halogenated alkanes) is 1. The van der Waals surface area contributed by atoms with E-state index in [0.29, 0.717) is 0 Å². The molecule has 1 aromatic heterocycles. The predicted molar refractivity (Wildman–Crippen MR) is 78.9 cm³/mol. The van der Waals surface area contributed by atoms with Crippen molar-refractivity contribution in [3.05, 3.63) is 17.8 Å². The highest BCUT2D eigenvalue weighted by Gasteiger charge is 1.99. The van der Waals surface area contributed by atoms with Crippen LogP contribution in [0.5, 0.6) is 0 Å². The van der Waals surface area contributed by atoms with Gasteiger partial charge in [-0.05, 0) is 51.5 Å². The van der Waals surface area contributed by atoms with E-state index in [2.05, 4.69) is 29.0 Å². The zero-order valence-corrected chi connectivity index (χ0v) is 11.9. The van der Waals surface area contributed by atoms with Gasteiger partial charge in [-0.1, -0.05) is 13.8 Å². The van der Waals surface area contributed by atoms with Gasteiger partial charge < -0.3 is 16.0 Å². The molecule has 1 heterocycles. The number of nitrogens with one attached hydrogen (secondary N) is 1. The maximum Gasteiger partial charge on any atom is 0.126 e. The number of nitrogen functional groups attached to an aromatic ring is 1. The summed E-state index contributed by atoms with van der Waals surface area (Å²) in [6.07, 6.45) is 2.39. The molecule has 1 aromatic rings. The maximum absolute atomic E-state index is 5.73. The highest BCUT2D eigenvalue weighted by molar-refractivity contribution is 5.48. The number of hydrogen-bond donors (Lipinski definition) is 2. The Morgan fingerprint density at radius 2 is 1.94 bits per heavy atom. The first-order valence-electron chi connectivity index (χ1n) is 6.86. The second-order valence-electron chi connectivity index (χ2n) is 4.53. The van der Waals surface area contributed by atoms with Gasteiger partial charge in [0.1, 0.15) is 5.82 Å². The Hall–Kier alpha value is -1.29. The van der Waals surface area contributed by atoms with E-state index in [1.165, 1.54) is 19.4 Å². The standard InChI is InChI=1S/C14H26N4/c1-4-18(5-2)11-7-6-10-16-14-9-8-13(15)12(3)17-14/h8-9H,4-7,10-11,15H2,1-3H3,(H,16,17). The van der Waals surface area contributed by atoms with Crippen LogP contribution < -0.4 is 11.1 Å². The Balaban J connectivity index is 2.19. The van der Waals surface area contributed by atoms with Gasteiger partial charge in [0.15, 0.2) is 0 Å². The minimum absolute atomic E-state index is 0.752. The first kappa shape index (κ1) is 14.8. The van der Waals surface area contributed by atoms with Gasteiger partial charge >= 0.3 is 0 Å². The Kier molecular flexibility index (Phi) is 6.50. The Morgan fingerprint density at radius 3 is 2.56 bits per heavy atom. The monoisotopic (exact) mass is 250 g/mol. The third kappa shape index (κ3) is 4.92. The summed E-state index contributed by atoms with van der Waals surface area (Å²) in [5, 5.41) is 3.34. The van der Waals surface area contributed by atoms with Crippen LogP contribution in [0, 0.1) is 6.92 Å². The minimum atomic E-state index is 0.752. The van der Waals surface area contributed by atoms with E-state index in [1.54, 1.807) is 0 Å². The van der Waals surface area contributed by atoms with Gasteiger partial charge in [-0.25, -0.2) is 4.98 Å². The van der Waals surface area contributed by atoms with Crippen LogP contribution in [0.25, 0.3) is 0 Å². The Morgan fingerprint density at radius 1 is 1.22 bits per heavy atom. The fraction of sp³-hybridized carbons (Fsp3) is 0.643. The van der Waals surface area contributed by atoms with E-state index in [0.717, 1.165) is 36.8 Å². The second kappa shape index (κ2) is 7.93. The van der Waals surface area contributed by atoms with E-state index in [-0.39, 0.29) is 0 Å². The first-order valence-corrected chi connectivity index (χ1v) is 6.86. The van der Waals surface area contributed by atoms with Gasteiger partial charge in [-0.2, -0.15) is 0 Å². The molecular weight excluding hydrogens is 224 g/mol. The van der Waals surface area contributed by atoms with E-state index < -0.39 is 0 Å². The molecule has 0 radical (unpaired) electrons. The maximum atomic E-state index is 5.73. The highest BCUT2D eigenvalue weighted by atomic mass is 15.1. The summed E-state index contributed by atoms with van der Waals surface area (Å²) >= 11 is 0. The number of pyridine rings is 1. The SMILES string of the molecule is CCN(CC)CCCCNc1ccc(N)c(C)n1. The molecule has 0 aromatic carbocycles. The molecule has 3 N–H and O–H groups in total. The summed E-state index contributed by atoms with van der Waals surface area (Å²) < 4.78 is 0. The number of aromatic nitrogens is 1. The van der Waals surface area contributed by atoms with Crippen LogP contribution in [0.4, 0.5) is 11.5 Å². The molecule has 0 fully saturated rings. The van der Waals surface area contributed by atoms with Crippen molar-refractivity contribution in [1.29, 1.82) is 0 Å². The van der Waals surface area contributed by atoms with Crippen molar-refractivity contribution < 1.29 is 0 Å². The summed E-state index contributed by atoms with van der Waals surface area (Å²) in [5.41, 5.74) is 7.38. The van der Waals surface area contributed by atoms with E-state index in [9.17, 15) is 0 Å². The molecule has 4 heteroatoms. The van der Waals surface area contributed by atoms with Crippen molar-refractivity contribution in [1.82, 2.24) is 9.88 Å². The van der Waals surface area contributed by atoms with E-state index in [4.69, 9.17) is 5.73 Å². The summed E-state index contributed by atoms with van der Waals surface area (Å²) in [6.45, 7) is 10.8. The summed E-state index contributed by atoms with van der Waals surface area (Å²) in [6, 6.07) is 3.84. The lowest BCUT2D eigenvalue weighted by molar-refractivity contribution is 0.298. The second-order valence-corrected chi connectivity index (χ2v) is 4.53. The van der Waals surface area contributed by atoms with Crippen LogP contribution in [-0.2, 0) is 0 Å². The molecule has 0 aliphatic carbocycles. The van der Waals surface area contributed by atoms with E-state index in [1.807, 2.05) is 19.1 Å². The molecule has 0 aliphatic heterocycles. The molecule has 0 bridgehead atoms. The lowest BCUT2D eigenvalue weighted by Crippen LogP contribution is -2.24. The lowest BCUT2D eigenvalue weighted by atomic mass is 10.2. The topological polar surface area (TPSA) is 54.2 Å². The van der Waals surface area contributed by atoms with Gasteiger partial charge in [0, 0.05) is 6.54 Å². The number of hydrogen-bond acceptors (Lipinski definition) is 4. The lowest BCUT2D eigenvalue weighted by Gasteiger charge is -2.17. The van der Waals surface area contributed by atoms with Crippen molar-refractivity contribution in [3.8, 4) is 0 Å². The van der Waals surface area contributed by atoms with Gasteiger partial charge in [0.05, 0.1) is 11.4 Å². The molecule has 1 rings (SSSR count). The Bertz CT molecular complexity index is 348. The minimum Gasteiger partial charge on any atom is -0.397 e. The normalized spacial score (nSPS) is 10.9. The number of nitrogens with zero attached hydrogens (tertiary/aromatic N) is 2. The van der Waals surface area contributed by atoms with Crippen molar-refractivity contribution in [3.63, 3.8) is 0 Å². The third-order valence-corrected chi connectivity index (χ3v) is 3.23. The summed E-state index contributed by atoms with van der Waals surface area (Å²) in [4.78, 5) is 6.84. The number of anilines is 2. The molecule has 4 nitrogen and oxygen atoms in total. The van der Waals surface area contributed by atoms with Crippen molar-refractivity contribution in [2.45, 2.75) is 33.6 Å².